The molecular formula is C16H25N3O. The Labute approximate surface area is 121 Å². The summed E-state index contributed by atoms with van der Waals surface area (Å²) in [6.45, 7) is 8.84. The molecule has 1 fully saturated rings. The van der Waals surface area contributed by atoms with Gasteiger partial charge in [0, 0.05) is 32.0 Å². The first-order valence-corrected chi connectivity index (χ1v) is 7.55. The van der Waals surface area contributed by atoms with E-state index in [1.807, 2.05) is 0 Å². The van der Waals surface area contributed by atoms with E-state index in [2.05, 4.69) is 29.0 Å². The van der Waals surface area contributed by atoms with Crippen molar-refractivity contribution >= 4 is 5.91 Å². The number of amides is 1. The highest BCUT2D eigenvalue weighted by atomic mass is 16.1. The van der Waals surface area contributed by atoms with E-state index in [0.29, 0.717) is 5.56 Å². The lowest BCUT2D eigenvalue weighted by Gasteiger charge is -2.34. The van der Waals surface area contributed by atoms with Gasteiger partial charge in [-0.2, -0.15) is 0 Å². The Kier molecular flexibility index (Phi) is 5.53. The minimum absolute atomic E-state index is 0.0292. The van der Waals surface area contributed by atoms with Gasteiger partial charge in [-0.15, -0.1) is 0 Å². The average Bonchev–Trinajstić information content (AvgIpc) is 2.43. The zero-order valence-corrected chi connectivity index (χ0v) is 12.5. The first-order chi connectivity index (χ1) is 9.65. The molecule has 2 heterocycles. The first kappa shape index (κ1) is 15.0. The largest absolute Gasteiger partial charge is 0.352 e. The highest BCUT2D eigenvalue weighted by molar-refractivity contribution is 5.93. The molecule has 4 heteroatoms. The van der Waals surface area contributed by atoms with Crippen LogP contribution in [0.4, 0.5) is 0 Å². The molecule has 1 amide bonds. The number of hydrogen-bond acceptors (Lipinski definition) is 3. The number of carbonyl (C=O) groups excluding carboxylic acids is 1. The lowest BCUT2D eigenvalue weighted by Crippen LogP contribution is -2.40. The number of piperidine rings is 1. The maximum atomic E-state index is 11.8. The predicted molar refractivity (Wildman–Crippen MR) is 80.6 cm³/mol. The van der Waals surface area contributed by atoms with E-state index >= 15 is 0 Å². The zero-order chi connectivity index (χ0) is 14.4. The molecule has 4 nitrogen and oxygen atoms in total. The standard InChI is InChI=1S/C16H25N3O/c1-13-9-14(2)12-19(11-13)8-4-7-18-16(20)15-5-3-6-17-10-15/h3,5-6,10,13-14H,4,7-9,11-12H2,1-2H3,(H,18,20)/t13-,14-/m0/s1. The van der Waals surface area contributed by atoms with Gasteiger partial charge in [0.15, 0.2) is 0 Å². The maximum Gasteiger partial charge on any atom is 0.252 e. The molecule has 0 bridgehead atoms. The summed E-state index contributed by atoms with van der Waals surface area (Å²) in [4.78, 5) is 18.3. The summed E-state index contributed by atoms with van der Waals surface area (Å²) in [7, 11) is 0. The van der Waals surface area contributed by atoms with Gasteiger partial charge in [0.25, 0.3) is 5.91 Å². The molecule has 1 aliphatic rings. The lowest BCUT2D eigenvalue weighted by atomic mass is 9.92. The summed E-state index contributed by atoms with van der Waals surface area (Å²) in [5.41, 5.74) is 0.632. The summed E-state index contributed by atoms with van der Waals surface area (Å²) in [6.07, 6.45) is 5.62. The Morgan fingerprint density at radius 3 is 2.80 bits per heavy atom. The molecule has 20 heavy (non-hydrogen) atoms. The van der Waals surface area contributed by atoms with E-state index in [0.717, 1.165) is 31.3 Å². The van der Waals surface area contributed by atoms with E-state index in [1.54, 1.807) is 24.5 Å². The third-order valence-corrected chi connectivity index (χ3v) is 3.80. The smallest absolute Gasteiger partial charge is 0.252 e. The third-order valence-electron chi connectivity index (χ3n) is 3.80. The summed E-state index contributed by atoms with van der Waals surface area (Å²) < 4.78 is 0. The van der Waals surface area contributed by atoms with E-state index in [1.165, 1.54) is 19.5 Å². The van der Waals surface area contributed by atoms with Crippen molar-refractivity contribution in [2.75, 3.05) is 26.2 Å². The van der Waals surface area contributed by atoms with E-state index in [9.17, 15) is 4.79 Å². The van der Waals surface area contributed by atoms with Crippen LogP contribution in [0.5, 0.6) is 0 Å². The number of likely N-dealkylation sites (tertiary alicyclic amines) is 1. The van der Waals surface area contributed by atoms with Crippen LogP contribution in [0.1, 0.15) is 37.0 Å². The number of rotatable bonds is 5. The van der Waals surface area contributed by atoms with Crippen molar-refractivity contribution in [3.63, 3.8) is 0 Å². The van der Waals surface area contributed by atoms with Crippen LogP contribution in [0.3, 0.4) is 0 Å². The minimum atomic E-state index is -0.0292. The van der Waals surface area contributed by atoms with E-state index in [4.69, 9.17) is 0 Å². The molecule has 1 N–H and O–H groups in total. The van der Waals surface area contributed by atoms with E-state index in [-0.39, 0.29) is 5.91 Å². The van der Waals surface area contributed by atoms with Gasteiger partial charge < -0.3 is 10.2 Å². The summed E-state index contributed by atoms with van der Waals surface area (Å²) in [5, 5.41) is 2.96. The van der Waals surface area contributed by atoms with Crippen LogP contribution in [0.2, 0.25) is 0 Å². The molecule has 0 spiro atoms. The molecular weight excluding hydrogens is 250 g/mol. The van der Waals surface area contributed by atoms with Crippen molar-refractivity contribution < 1.29 is 4.79 Å². The van der Waals surface area contributed by atoms with Gasteiger partial charge in [-0.3, -0.25) is 9.78 Å². The topological polar surface area (TPSA) is 45.2 Å². The van der Waals surface area contributed by atoms with E-state index < -0.39 is 0 Å². The zero-order valence-electron chi connectivity index (χ0n) is 12.5. The molecule has 1 aromatic rings. The Morgan fingerprint density at radius 1 is 1.40 bits per heavy atom. The van der Waals surface area contributed by atoms with Crippen LogP contribution < -0.4 is 5.32 Å². The number of carbonyl (C=O) groups is 1. The Balaban J connectivity index is 1.65. The SMILES string of the molecule is C[C@H]1C[C@H](C)CN(CCCNC(=O)c2cccnc2)C1. The van der Waals surface area contributed by atoms with Crippen LogP contribution >= 0.6 is 0 Å². The number of hydrogen-bond donors (Lipinski definition) is 1. The molecule has 110 valence electrons. The first-order valence-electron chi connectivity index (χ1n) is 7.55. The summed E-state index contributed by atoms with van der Waals surface area (Å²) >= 11 is 0. The quantitative estimate of drug-likeness (QED) is 0.838. The fourth-order valence-electron chi connectivity index (χ4n) is 3.08. The second-order valence-electron chi connectivity index (χ2n) is 6.06. The average molecular weight is 275 g/mol. The molecule has 0 aromatic carbocycles. The van der Waals surface area contributed by atoms with Gasteiger partial charge >= 0.3 is 0 Å². The van der Waals surface area contributed by atoms with Gasteiger partial charge in [-0.1, -0.05) is 13.8 Å². The van der Waals surface area contributed by atoms with Gasteiger partial charge in [0.05, 0.1) is 5.56 Å². The minimum Gasteiger partial charge on any atom is -0.352 e. The van der Waals surface area contributed by atoms with Gasteiger partial charge in [-0.25, -0.2) is 0 Å². The van der Waals surface area contributed by atoms with Crippen molar-refractivity contribution in [1.29, 1.82) is 0 Å². The molecule has 2 rings (SSSR count). The second-order valence-corrected chi connectivity index (χ2v) is 6.06. The second kappa shape index (κ2) is 7.39. The van der Waals surface area contributed by atoms with Crippen LogP contribution in [-0.4, -0.2) is 42.0 Å². The third kappa shape index (κ3) is 4.60. The number of aromatic nitrogens is 1. The van der Waals surface area contributed by atoms with Crippen LogP contribution in [0.25, 0.3) is 0 Å². The van der Waals surface area contributed by atoms with Crippen molar-refractivity contribution in [2.24, 2.45) is 11.8 Å². The molecule has 0 unspecified atom stereocenters. The van der Waals surface area contributed by atoms with Crippen molar-refractivity contribution in [3.05, 3.63) is 30.1 Å². The Morgan fingerprint density at radius 2 is 2.15 bits per heavy atom. The molecule has 1 aromatic heterocycles. The summed E-state index contributed by atoms with van der Waals surface area (Å²) in [5.74, 6) is 1.56. The fourth-order valence-corrected chi connectivity index (χ4v) is 3.08. The predicted octanol–water partition coefficient (Wildman–Crippen LogP) is 2.18. The Bertz CT molecular complexity index is 411. The van der Waals surface area contributed by atoms with Crippen molar-refractivity contribution in [1.82, 2.24) is 15.2 Å². The molecule has 1 aliphatic heterocycles. The van der Waals surface area contributed by atoms with Crippen molar-refractivity contribution in [2.45, 2.75) is 26.7 Å². The number of nitrogens with one attached hydrogen (secondary N) is 1. The van der Waals surface area contributed by atoms with Crippen LogP contribution in [0.15, 0.2) is 24.5 Å². The normalized spacial score (nSPS) is 23.5. The summed E-state index contributed by atoms with van der Waals surface area (Å²) in [6, 6.07) is 3.57. The molecule has 2 atom stereocenters. The number of pyridine rings is 1. The van der Waals surface area contributed by atoms with Gasteiger partial charge in [0.1, 0.15) is 0 Å². The monoisotopic (exact) mass is 275 g/mol. The Hall–Kier alpha value is -1.42. The van der Waals surface area contributed by atoms with Crippen LogP contribution in [-0.2, 0) is 0 Å². The van der Waals surface area contributed by atoms with Crippen molar-refractivity contribution in [3.8, 4) is 0 Å². The molecule has 0 radical (unpaired) electrons. The highest BCUT2D eigenvalue weighted by Gasteiger charge is 2.20. The fraction of sp³-hybridized carbons (Fsp3) is 0.625. The number of nitrogens with zero attached hydrogens (tertiary/aromatic N) is 2. The molecule has 0 saturated carbocycles. The molecule has 0 aliphatic carbocycles. The van der Waals surface area contributed by atoms with Gasteiger partial charge in [0.2, 0.25) is 0 Å². The maximum absolute atomic E-state index is 11.8. The van der Waals surface area contributed by atoms with Crippen LogP contribution in [0, 0.1) is 11.8 Å². The highest BCUT2D eigenvalue weighted by Crippen LogP contribution is 2.20. The van der Waals surface area contributed by atoms with Gasteiger partial charge in [-0.05, 0) is 43.4 Å². The molecule has 1 saturated heterocycles. The lowest BCUT2D eigenvalue weighted by molar-refractivity contribution is 0.0947.